The molecule has 7 nitrogen and oxygen atoms in total. The molecule has 0 spiro atoms. The molecule has 0 saturated carbocycles. The Bertz CT molecular complexity index is 697. The minimum Gasteiger partial charge on any atom is -0.450 e. The molecule has 1 aromatic carbocycles. The predicted molar refractivity (Wildman–Crippen MR) is 70.0 cm³/mol. The summed E-state index contributed by atoms with van der Waals surface area (Å²) in [4.78, 5) is 0.245. The standard InChI is InChI=1S/C12H13N3O4S/c16-20(17,9-4-2-1-3-5-9)13-7-6-10-11-12(15-14-10)19-8-18-11/h1-5,13H,6-8H2,(H,14,15). The number of rotatable bonds is 5. The van der Waals surface area contributed by atoms with E-state index in [9.17, 15) is 8.42 Å². The van der Waals surface area contributed by atoms with E-state index in [1.54, 1.807) is 30.3 Å². The van der Waals surface area contributed by atoms with Crippen LogP contribution in [0.1, 0.15) is 5.69 Å². The third-order valence-electron chi connectivity index (χ3n) is 2.88. The summed E-state index contributed by atoms with van der Waals surface area (Å²) in [5, 5.41) is 6.69. The van der Waals surface area contributed by atoms with Crippen molar-refractivity contribution in [3.63, 3.8) is 0 Å². The molecular weight excluding hydrogens is 282 g/mol. The fraction of sp³-hybridized carbons (Fsp3) is 0.250. The van der Waals surface area contributed by atoms with Gasteiger partial charge in [-0.05, 0) is 12.1 Å². The molecule has 2 heterocycles. The van der Waals surface area contributed by atoms with E-state index in [2.05, 4.69) is 14.9 Å². The van der Waals surface area contributed by atoms with Crippen LogP contribution in [-0.2, 0) is 16.4 Å². The average Bonchev–Trinajstić information content (AvgIpc) is 3.04. The topological polar surface area (TPSA) is 93.3 Å². The number of benzene rings is 1. The van der Waals surface area contributed by atoms with Crippen molar-refractivity contribution in [3.05, 3.63) is 36.0 Å². The second-order valence-corrected chi connectivity index (χ2v) is 5.97. The molecule has 0 aliphatic carbocycles. The van der Waals surface area contributed by atoms with Crippen molar-refractivity contribution in [2.24, 2.45) is 0 Å². The van der Waals surface area contributed by atoms with Gasteiger partial charge in [-0.15, -0.1) is 5.10 Å². The lowest BCUT2D eigenvalue weighted by Gasteiger charge is -2.06. The first-order valence-corrected chi connectivity index (χ1v) is 7.53. The van der Waals surface area contributed by atoms with E-state index in [4.69, 9.17) is 9.47 Å². The van der Waals surface area contributed by atoms with Crippen LogP contribution in [-0.4, -0.2) is 32.0 Å². The Morgan fingerprint density at radius 3 is 2.85 bits per heavy atom. The van der Waals surface area contributed by atoms with Gasteiger partial charge in [0.05, 0.1) is 10.6 Å². The molecule has 3 rings (SSSR count). The highest BCUT2D eigenvalue weighted by Gasteiger charge is 2.22. The molecule has 0 saturated heterocycles. The van der Waals surface area contributed by atoms with Crippen LogP contribution in [0.15, 0.2) is 35.2 Å². The fourth-order valence-corrected chi connectivity index (χ4v) is 2.96. The molecular formula is C12H13N3O4S. The number of nitrogens with zero attached hydrogens (tertiary/aromatic N) is 1. The van der Waals surface area contributed by atoms with Crippen molar-refractivity contribution in [1.29, 1.82) is 0 Å². The van der Waals surface area contributed by atoms with Crippen LogP contribution in [0.25, 0.3) is 0 Å². The lowest BCUT2D eigenvalue weighted by atomic mass is 10.3. The molecule has 2 N–H and O–H groups in total. The van der Waals surface area contributed by atoms with E-state index in [0.717, 1.165) is 0 Å². The van der Waals surface area contributed by atoms with E-state index >= 15 is 0 Å². The summed E-state index contributed by atoms with van der Waals surface area (Å²) < 4.78 is 36.9. The van der Waals surface area contributed by atoms with Gasteiger partial charge in [0, 0.05) is 13.0 Å². The first-order valence-electron chi connectivity index (χ1n) is 6.04. The maximum atomic E-state index is 12.0. The summed E-state index contributed by atoms with van der Waals surface area (Å²) in [7, 11) is -3.48. The first kappa shape index (κ1) is 12.9. The van der Waals surface area contributed by atoms with Gasteiger partial charge in [0.1, 0.15) is 0 Å². The summed E-state index contributed by atoms with van der Waals surface area (Å²) in [6.07, 6.45) is 0.442. The molecule has 0 amide bonds. The van der Waals surface area contributed by atoms with Crippen LogP contribution in [0.4, 0.5) is 0 Å². The average molecular weight is 295 g/mol. The second-order valence-electron chi connectivity index (χ2n) is 4.20. The van der Waals surface area contributed by atoms with Gasteiger partial charge in [-0.2, -0.15) is 0 Å². The fourth-order valence-electron chi connectivity index (χ4n) is 1.90. The number of fused-ring (bicyclic) bond motifs is 1. The van der Waals surface area contributed by atoms with Gasteiger partial charge < -0.3 is 9.47 Å². The van der Waals surface area contributed by atoms with Crippen molar-refractivity contribution in [2.75, 3.05) is 13.3 Å². The number of aromatic amines is 1. The smallest absolute Gasteiger partial charge is 0.279 e. The predicted octanol–water partition coefficient (Wildman–Crippen LogP) is 0.659. The highest BCUT2D eigenvalue weighted by Crippen LogP contribution is 2.32. The molecule has 20 heavy (non-hydrogen) atoms. The maximum absolute atomic E-state index is 12.0. The monoisotopic (exact) mass is 295 g/mol. The summed E-state index contributed by atoms with van der Waals surface area (Å²) in [5.74, 6) is 0.981. The van der Waals surface area contributed by atoms with E-state index < -0.39 is 10.0 Å². The Morgan fingerprint density at radius 2 is 2.05 bits per heavy atom. The molecule has 1 aliphatic heterocycles. The van der Waals surface area contributed by atoms with Crippen LogP contribution in [0.2, 0.25) is 0 Å². The van der Waals surface area contributed by atoms with Crippen LogP contribution in [0, 0.1) is 0 Å². The Kier molecular flexibility index (Phi) is 3.33. The van der Waals surface area contributed by atoms with Gasteiger partial charge in [-0.1, -0.05) is 18.2 Å². The molecule has 1 aromatic heterocycles. The van der Waals surface area contributed by atoms with Crippen molar-refractivity contribution >= 4 is 10.0 Å². The molecule has 2 aromatic rings. The third kappa shape index (κ3) is 2.47. The molecule has 0 atom stereocenters. The SMILES string of the molecule is O=S(=O)(NCCc1[nH]nc2c1OCO2)c1ccccc1. The van der Waals surface area contributed by atoms with E-state index in [0.29, 0.717) is 23.7 Å². The number of nitrogens with one attached hydrogen (secondary N) is 2. The Hall–Kier alpha value is -2.06. The number of hydrogen-bond donors (Lipinski definition) is 2. The van der Waals surface area contributed by atoms with Crippen molar-refractivity contribution in [1.82, 2.24) is 14.9 Å². The summed E-state index contributed by atoms with van der Waals surface area (Å²) in [5.41, 5.74) is 0.716. The van der Waals surface area contributed by atoms with Gasteiger partial charge >= 0.3 is 0 Å². The van der Waals surface area contributed by atoms with Crippen LogP contribution < -0.4 is 14.2 Å². The molecule has 106 valence electrons. The van der Waals surface area contributed by atoms with E-state index in [-0.39, 0.29) is 18.2 Å². The van der Waals surface area contributed by atoms with E-state index in [1.807, 2.05) is 0 Å². The van der Waals surface area contributed by atoms with Gasteiger partial charge in [0.25, 0.3) is 5.88 Å². The Morgan fingerprint density at radius 1 is 1.25 bits per heavy atom. The highest BCUT2D eigenvalue weighted by molar-refractivity contribution is 7.89. The van der Waals surface area contributed by atoms with Crippen molar-refractivity contribution < 1.29 is 17.9 Å². The number of sulfonamides is 1. The number of H-pyrrole nitrogens is 1. The Labute approximate surface area is 116 Å². The molecule has 0 radical (unpaired) electrons. The largest absolute Gasteiger partial charge is 0.450 e. The zero-order chi connectivity index (χ0) is 14.0. The third-order valence-corrected chi connectivity index (χ3v) is 4.36. The molecule has 0 bridgehead atoms. The van der Waals surface area contributed by atoms with Crippen molar-refractivity contribution in [3.8, 4) is 11.6 Å². The highest BCUT2D eigenvalue weighted by atomic mass is 32.2. The summed E-state index contributed by atoms with van der Waals surface area (Å²) in [6.45, 7) is 0.393. The second kappa shape index (κ2) is 5.14. The summed E-state index contributed by atoms with van der Waals surface area (Å²) in [6, 6.07) is 8.23. The van der Waals surface area contributed by atoms with Gasteiger partial charge in [-0.3, -0.25) is 5.10 Å². The zero-order valence-electron chi connectivity index (χ0n) is 10.5. The van der Waals surface area contributed by atoms with Gasteiger partial charge in [-0.25, -0.2) is 13.1 Å². The van der Waals surface area contributed by atoms with Crippen molar-refractivity contribution in [2.45, 2.75) is 11.3 Å². The number of hydrogen-bond acceptors (Lipinski definition) is 5. The zero-order valence-corrected chi connectivity index (χ0v) is 11.3. The lowest BCUT2D eigenvalue weighted by molar-refractivity contribution is 0.166. The van der Waals surface area contributed by atoms with Gasteiger partial charge in [0.15, 0.2) is 0 Å². The quantitative estimate of drug-likeness (QED) is 0.845. The minimum absolute atomic E-state index is 0.148. The van der Waals surface area contributed by atoms with Crippen LogP contribution in [0.5, 0.6) is 11.6 Å². The lowest BCUT2D eigenvalue weighted by Crippen LogP contribution is -2.26. The van der Waals surface area contributed by atoms with E-state index in [1.165, 1.54) is 0 Å². The molecule has 1 aliphatic rings. The Balaban J connectivity index is 1.63. The van der Waals surface area contributed by atoms with Crippen LogP contribution in [0.3, 0.4) is 0 Å². The molecule has 8 heteroatoms. The normalized spacial score (nSPS) is 13.6. The van der Waals surface area contributed by atoms with Crippen LogP contribution >= 0.6 is 0 Å². The summed E-state index contributed by atoms with van der Waals surface area (Å²) >= 11 is 0. The maximum Gasteiger partial charge on any atom is 0.279 e. The minimum atomic E-state index is -3.48. The van der Waals surface area contributed by atoms with Gasteiger partial charge in [0.2, 0.25) is 22.6 Å². The molecule has 0 fully saturated rings. The number of aromatic nitrogens is 2. The molecule has 0 unspecified atom stereocenters. The number of ether oxygens (including phenoxy) is 2. The first-order chi connectivity index (χ1) is 9.67.